The Labute approximate surface area is 163 Å². The van der Waals surface area contributed by atoms with Crippen molar-refractivity contribution in [1.29, 1.82) is 0 Å². The summed E-state index contributed by atoms with van der Waals surface area (Å²) >= 11 is 0. The third-order valence-corrected chi connectivity index (χ3v) is 4.34. The highest BCUT2D eigenvalue weighted by Crippen LogP contribution is 2.29. The number of carbonyl (C=O) groups is 2. The van der Waals surface area contributed by atoms with E-state index in [1.165, 1.54) is 14.2 Å². The summed E-state index contributed by atoms with van der Waals surface area (Å²) in [5, 5.41) is 0. The summed E-state index contributed by atoms with van der Waals surface area (Å²) in [7, 11) is 2.93. The van der Waals surface area contributed by atoms with Gasteiger partial charge in [0.05, 0.1) is 17.7 Å². The van der Waals surface area contributed by atoms with Crippen molar-refractivity contribution < 1.29 is 33.3 Å². The number of methoxy groups -OCH3 is 2. The van der Waals surface area contributed by atoms with Gasteiger partial charge in [0.15, 0.2) is 18.5 Å². The van der Waals surface area contributed by atoms with Crippen LogP contribution in [-0.2, 0) is 23.7 Å². The first-order valence-electron chi connectivity index (χ1n) is 8.83. The van der Waals surface area contributed by atoms with Gasteiger partial charge in [-0.05, 0) is 24.3 Å². The number of hydrogen-bond acceptors (Lipinski definition) is 7. The van der Waals surface area contributed by atoms with Crippen molar-refractivity contribution in [2.24, 2.45) is 0 Å². The molecule has 2 aromatic carbocycles. The van der Waals surface area contributed by atoms with Crippen molar-refractivity contribution in [3.8, 4) is 0 Å². The lowest BCUT2D eigenvalue weighted by Crippen LogP contribution is -2.42. The molecular formula is C21H22O7. The van der Waals surface area contributed by atoms with E-state index in [1.807, 2.05) is 0 Å². The zero-order valence-electron chi connectivity index (χ0n) is 15.6. The molecular weight excluding hydrogens is 364 g/mol. The van der Waals surface area contributed by atoms with Gasteiger partial charge >= 0.3 is 11.9 Å². The molecule has 4 unspecified atom stereocenters. The fraction of sp³-hybridized carbons (Fsp3) is 0.333. The van der Waals surface area contributed by atoms with Crippen LogP contribution in [0.15, 0.2) is 60.7 Å². The zero-order chi connectivity index (χ0) is 19.9. The summed E-state index contributed by atoms with van der Waals surface area (Å²) in [5.74, 6) is -1.11. The van der Waals surface area contributed by atoms with Gasteiger partial charge < -0.3 is 23.7 Å². The number of rotatable bonds is 7. The van der Waals surface area contributed by atoms with Crippen LogP contribution in [0.5, 0.6) is 0 Å². The van der Waals surface area contributed by atoms with E-state index >= 15 is 0 Å². The third kappa shape index (κ3) is 4.56. The average molecular weight is 386 g/mol. The highest BCUT2D eigenvalue weighted by molar-refractivity contribution is 5.90. The van der Waals surface area contributed by atoms with E-state index < -0.39 is 36.5 Å². The molecule has 0 aliphatic carbocycles. The molecule has 7 heteroatoms. The van der Waals surface area contributed by atoms with E-state index in [0.717, 1.165) is 0 Å². The van der Waals surface area contributed by atoms with Gasteiger partial charge in [-0.15, -0.1) is 0 Å². The van der Waals surface area contributed by atoms with E-state index in [-0.39, 0.29) is 6.61 Å². The predicted molar refractivity (Wildman–Crippen MR) is 98.8 cm³/mol. The average Bonchev–Trinajstić information content (AvgIpc) is 3.05. The lowest BCUT2D eigenvalue weighted by Gasteiger charge is -2.23. The third-order valence-electron chi connectivity index (χ3n) is 4.34. The maximum Gasteiger partial charge on any atom is 0.338 e. The zero-order valence-corrected chi connectivity index (χ0v) is 15.6. The molecule has 2 aromatic rings. The van der Waals surface area contributed by atoms with Crippen molar-refractivity contribution >= 4 is 11.9 Å². The monoisotopic (exact) mass is 386 g/mol. The predicted octanol–water partition coefficient (Wildman–Crippen LogP) is 2.46. The lowest BCUT2D eigenvalue weighted by atomic mass is 10.1. The number of benzene rings is 2. The van der Waals surface area contributed by atoms with Crippen molar-refractivity contribution in [3.05, 3.63) is 71.8 Å². The van der Waals surface area contributed by atoms with Crippen molar-refractivity contribution in [3.63, 3.8) is 0 Å². The first-order chi connectivity index (χ1) is 13.6. The molecule has 0 spiro atoms. The van der Waals surface area contributed by atoms with Crippen LogP contribution in [0, 0.1) is 0 Å². The number of ether oxygens (including phenoxy) is 5. The molecule has 28 heavy (non-hydrogen) atoms. The topological polar surface area (TPSA) is 80.3 Å². The van der Waals surface area contributed by atoms with Gasteiger partial charge in [0.25, 0.3) is 0 Å². The minimum Gasteiger partial charge on any atom is -0.452 e. The smallest absolute Gasteiger partial charge is 0.338 e. The van der Waals surface area contributed by atoms with E-state index in [0.29, 0.717) is 11.1 Å². The highest BCUT2D eigenvalue weighted by Gasteiger charge is 2.50. The highest BCUT2D eigenvalue weighted by atomic mass is 16.7. The summed E-state index contributed by atoms with van der Waals surface area (Å²) in [4.78, 5) is 25.1. The second-order valence-corrected chi connectivity index (χ2v) is 6.21. The molecule has 0 aromatic heterocycles. The van der Waals surface area contributed by atoms with Gasteiger partial charge in [0.2, 0.25) is 0 Å². The lowest BCUT2D eigenvalue weighted by molar-refractivity contribution is -0.156. The molecule has 1 fully saturated rings. The van der Waals surface area contributed by atoms with Gasteiger partial charge in [0.1, 0.15) is 6.10 Å². The normalized spacial score (nSPS) is 23.9. The molecule has 7 nitrogen and oxygen atoms in total. The van der Waals surface area contributed by atoms with Gasteiger partial charge in [-0.1, -0.05) is 36.4 Å². The van der Waals surface area contributed by atoms with Gasteiger partial charge in [-0.25, -0.2) is 9.59 Å². The summed E-state index contributed by atoms with van der Waals surface area (Å²) in [6.07, 6.45) is -3.35. The summed E-state index contributed by atoms with van der Waals surface area (Å²) in [6, 6.07) is 17.1. The fourth-order valence-corrected chi connectivity index (χ4v) is 2.98. The molecule has 1 saturated heterocycles. The second-order valence-electron chi connectivity index (χ2n) is 6.21. The Balaban J connectivity index is 1.80. The number of hydrogen-bond donors (Lipinski definition) is 0. The standard InChI is InChI=1S/C21H22O7/c1-24-13-16-17(27-19(22)14-9-5-3-6-10-14)18(21(25-2)26-16)28-20(23)15-11-7-4-8-12-15/h3-12,16-18,21H,13H2,1-2H3. The van der Waals surface area contributed by atoms with Crippen molar-refractivity contribution in [1.82, 2.24) is 0 Å². The second kappa shape index (κ2) is 9.45. The minimum atomic E-state index is -0.939. The van der Waals surface area contributed by atoms with Crippen LogP contribution in [0.1, 0.15) is 20.7 Å². The Hall–Kier alpha value is -2.74. The maximum absolute atomic E-state index is 12.5. The van der Waals surface area contributed by atoms with Gasteiger partial charge in [0, 0.05) is 14.2 Å². The van der Waals surface area contributed by atoms with Crippen LogP contribution in [0.4, 0.5) is 0 Å². The maximum atomic E-state index is 12.5. The van der Waals surface area contributed by atoms with Crippen LogP contribution in [0.2, 0.25) is 0 Å². The van der Waals surface area contributed by atoms with E-state index in [2.05, 4.69) is 0 Å². The SMILES string of the molecule is COCC1OC(OC)C(OC(=O)c2ccccc2)C1OC(=O)c1ccccc1. The number of carbonyl (C=O) groups excluding carboxylic acids is 2. The van der Waals surface area contributed by atoms with E-state index in [9.17, 15) is 9.59 Å². The molecule has 1 aliphatic heterocycles. The quantitative estimate of drug-likeness (QED) is 0.676. The Kier molecular flexibility index (Phi) is 6.76. The van der Waals surface area contributed by atoms with Crippen molar-refractivity contribution in [2.75, 3.05) is 20.8 Å². The molecule has 1 heterocycles. The van der Waals surface area contributed by atoms with Gasteiger partial charge in [-0.2, -0.15) is 0 Å². The molecule has 148 valence electrons. The van der Waals surface area contributed by atoms with Crippen LogP contribution >= 0.6 is 0 Å². The van der Waals surface area contributed by atoms with Crippen LogP contribution in [0.3, 0.4) is 0 Å². The Morgan fingerprint density at radius 3 is 1.79 bits per heavy atom. The molecule has 1 aliphatic rings. The first-order valence-corrected chi connectivity index (χ1v) is 8.83. The van der Waals surface area contributed by atoms with E-state index in [1.54, 1.807) is 60.7 Å². The Morgan fingerprint density at radius 2 is 1.32 bits per heavy atom. The van der Waals surface area contributed by atoms with E-state index in [4.69, 9.17) is 23.7 Å². The molecule has 0 amide bonds. The number of esters is 2. The molecule has 0 bridgehead atoms. The molecule has 3 rings (SSSR count). The van der Waals surface area contributed by atoms with Crippen LogP contribution in [-0.4, -0.2) is 57.4 Å². The summed E-state index contributed by atoms with van der Waals surface area (Å²) in [5.41, 5.74) is 0.758. The molecule has 0 radical (unpaired) electrons. The molecule has 0 N–H and O–H groups in total. The largest absolute Gasteiger partial charge is 0.452 e. The van der Waals surface area contributed by atoms with Crippen LogP contribution in [0.25, 0.3) is 0 Å². The molecule has 0 saturated carbocycles. The first kappa shape index (κ1) is 20.0. The van der Waals surface area contributed by atoms with Crippen LogP contribution < -0.4 is 0 Å². The Morgan fingerprint density at radius 1 is 0.821 bits per heavy atom. The molecule has 4 atom stereocenters. The summed E-state index contributed by atoms with van der Waals surface area (Å²) < 4.78 is 27.5. The van der Waals surface area contributed by atoms with Crippen molar-refractivity contribution in [2.45, 2.75) is 24.6 Å². The minimum absolute atomic E-state index is 0.145. The summed E-state index contributed by atoms with van der Waals surface area (Å²) in [6.45, 7) is 0.145. The van der Waals surface area contributed by atoms with Gasteiger partial charge in [-0.3, -0.25) is 0 Å². The fourth-order valence-electron chi connectivity index (χ4n) is 2.98. The Bertz CT molecular complexity index is 778.